The van der Waals surface area contributed by atoms with Crippen molar-refractivity contribution in [3.05, 3.63) is 16.4 Å². The molecule has 0 aromatic carbocycles. The number of halogens is 4. The SMILES string of the molecule is CC(C)n1cc(Br)c(C(F)(F)F)n1. The average molecular weight is 257 g/mol. The maximum absolute atomic E-state index is 12.2. The van der Waals surface area contributed by atoms with Crippen molar-refractivity contribution in [2.75, 3.05) is 0 Å². The normalized spacial score (nSPS) is 12.5. The van der Waals surface area contributed by atoms with Crippen molar-refractivity contribution in [2.45, 2.75) is 26.1 Å². The van der Waals surface area contributed by atoms with E-state index >= 15 is 0 Å². The van der Waals surface area contributed by atoms with Crippen molar-refractivity contribution in [3.8, 4) is 0 Å². The first-order chi connectivity index (χ1) is 5.82. The fourth-order valence-electron chi connectivity index (χ4n) is 0.826. The van der Waals surface area contributed by atoms with Gasteiger partial charge in [0.05, 0.1) is 4.47 Å². The van der Waals surface area contributed by atoms with E-state index in [1.54, 1.807) is 13.8 Å². The zero-order valence-corrected chi connectivity index (χ0v) is 8.65. The largest absolute Gasteiger partial charge is 0.436 e. The summed E-state index contributed by atoms with van der Waals surface area (Å²) in [5, 5.41) is 3.43. The summed E-state index contributed by atoms with van der Waals surface area (Å²) in [6.45, 7) is 3.53. The van der Waals surface area contributed by atoms with Gasteiger partial charge in [-0.25, -0.2) is 0 Å². The zero-order valence-electron chi connectivity index (χ0n) is 7.06. The number of hydrogen-bond acceptors (Lipinski definition) is 1. The lowest BCUT2D eigenvalue weighted by Crippen LogP contribution is -2.09. The molecule has 0 spiro atoms. The van der Waals surface area contributed by atoms with E-state index in [2.05, 4.69) is 21.0 Å². The second-order valence-electron chi connectivity index (χ2n) is 2.90. The third-order valence-corrected chi connectivity index (χ3v) is 2.07. The van der Waals surface area contributed by atoms with Crippen LogP contribution in [0.1, 0.15) is 25.6 Å². The second kappa shape index (κ2) is 3.32. The Morgan fingerprint density at radius 1 is 1.46 bits per heavy atom. The number of alkyl halides is 3. The van der Waals surface area contributed by atoms with Crippen LogP contribution in [0.3, 0.4) is 0 Å². The molecule has 0 amide bonds. The smallest absolute Gasteiger partial charge is 0.268 e. The molecule has 0 aliphatic rings. The van der Waals surface area contributed by atoms with Crippen molar-refractivity contribution in [3.63, 3.8) is 0 Å². The minimum Gasteiger partial charge on any atom is -0.268 e. The van der Waals surface area contributed by atoms with Gasteiger partial charge < -0.3 is 0 Å². The molecule has 0 fully saturated rings. The standard InChI is InChI=1S/C7H8BrF3N2/c1-4(2)13-3-5(8)6(12-13)7(9,10)11/h3-4H,1-2H3. The Morgan fingerprint density at radius 2 is 2.00 bits per heavy atom. The predicted octanol–water partition coefficient (Wildman–Crippen LogP) is 3.25. The molecule has 1 rings (SSSR count). The molecule has 0 atom stereocenters. The lowest BCUT2D eigenvalue weighted by atomic mass is 10.4. The minimum absolute atomic E-state index is 0.0197. The third kappa shape index (κ3) is 2.24. The molecule has 2 nitrogen and oxygen atoms in total. The lowest BCUT2D eigenvalue weighted by molar-refractivity contribution is -0.142. The van der Waals surface area contributed by atoms with Gasteiger partial charge in [-0.15, -0.1) is 0 Å². The van der Waals surface area contributed by atoms with E-state index in [-0.39, 0.29) is 10.5 Å². The monoisotopic (exact) mass is 256 g/mol. The zero-order chi connectivity index (χ0) is 10.2. The summed E-state index contributed by atoms with van der Waals surface area (Å²) in [5.41, 5.74) is -0.874. The van der Waals surface area contributed by atoms with E-state index in [1.165, 1.54) is 10.9 Å². The van der Waals surface area contributed by atoms with E-state index in [9.17, 15) is 13.2 Å². The van der Waals surface area contributed by atoms with Gasteiger partial charge in [-0.2, -0.15) is 18.3 Å². The summed E-state index contributed by atoms with van der Waals surface area (Å²) in [7, 11) is 0. The molecule has 1 aromatic rings. The highest BCUT2D eigenvalue weighted by Crippen LogP contribution is 2.33. The van der Waals surface area contributed by atoms with Crippen LogP contribution in [0.4, 0.5) is 13.2 Å². The topological polar surface area (TPSA) is 17.8 Å². The third-order valence-electron chi connectivity index (χ3n) is 1.48. The van der Waals surface area contributed by atoms with Crippen molar-refractivity contribution in [1.29, 1.82) is 0 Å². The Kier molecular flexibility index (Phi) is 2.70. The van der Waals surface area contributed by atoms with Crippen molar-refractivity contribution in [2.24, 2.45) is 0 Å². The highest BCUT2D eigenvalue weighted by Gasteiger charge is 2.36. The Hall–Kier alpha value is -0.520. The Bertz CT molecular complexity index is 303. The molecular formula is C7H8BrF3N2. The molecule has 0 radical (unpaired) electrons. The van der Waals surface area contributed by atoms with Gasteiger partial charge in [0.25, 0.3) is 0 Å². The van der Waals surface area contributed by atoms with Crippen LogP contribution in [-0.4, -0.2) is 9.78 Å². The number of aromatic nitrogens is 2. The molecular weight excluding hydrogens is 249 g/mol. The van der Waals surface area contributed by atoms with Crippen LogP contribution in [-0.2, 0) is 6.18 Å². The van der Waals surface area contributed by atoms with Gasteiger partial charge >= 0.3 is 6.18 Å². The molecule has 0 bridgehead atoms. The molecule has 0 aliphatic carbocycles. The number of rotatable bonds is 1. The molecule has 0 saturated carbocycles. The van der Waals surface area contributed by atoms with Crippen LogP contribution >= 0.6 is 15.9 Å². The fourth-order valence-corrected chi connectivity index (χ4v) is 1.34. The van der Waals surface area contributed by atoms with Crippen molar-refractivity contribution < 1.29 is 13.2 Å². The predicted molar refractivity (Wildman–Crippen MR) is 45.3 cm³/mol. The summed E-state index contributed by atoms with van der Waals surface area (Å²) in [5.74, 6) is 0. The average Bonchev–Trinajstić information content (AvgIpc) is 2.29. The number of nitrogens with zero attached hydrogens (tertiary/aromatic N) is 2. The molecule has 1 aromatic heterocycles. The highest BCUT2D eigenvalue weighted by atomic mass is 79.9. The van der Waals surface area contributed by atoms with E-state index < -0.39 is 11.9 Å². The van der Waals surface area contributed by atoms with Gasteiger partial charge in [-0.1, -0.05) is 0 Å². The molecule has 13 heavy (non-hydrogen) atoms. The van der Waals surface area contributed by atoms with Gasteiger partial charge in [0.2, 0.25) is 0 Å². The molecule has 74 valence electrons. The molecule has 1 heterocycles. The first-order valence-electron chi connectivity index (χ1n) is 3.64. The van der Waals surface area contributed by atoms with Crippen LogP contribution in [0.5, 0.6) is 0 Å². The Labute approximate surface area is 81.9 Å². The lowest BCUT2D eigenvalue weighted by Gasteiger charge is -2.04. The summed E-state index contributed by atoms with van der Waals surface area (Å²) in [6, 6.07) is -0.0765. The van der Waals surface area contributed by atoms with Crippen LogP contribution in [0.25, 0.3) is 0 Å². The van der Waals surface area contributed by atoms with Gasteiger partial charge in [0.1, 0.15) is 0 Å². The van der Waals surface area contributed by atoms with E-state index in [0.29, 0.717) is 0 Å². The maximum atomic E-state index is 12.2. The van der Waals surface area contributed by atoms with E-state index in [4.69, 9.17) is 0 Å². The first kappa shape index (κ1) is 10.6. The van der Waals surface area contributed by atoms with Crippen molar-refractivity contribution in [1.82, 2.24) is 9.78 Å². The van der Waals surface area contributed by atoms with Crippen LogP contribution in [0.15, 0.2) is 10.7 Å². The van der Waals surface area contributed by atoms with E-state index in [0.717, 1.165) is 0 Å². The van der Waals surface area contributed by atoms with Gasteiger partial charge in [-0.05, 0) is 29.8 Å². The summed E-state index contributed by atoms with van der Waals surface area (Å²) in [4.78, 5) is 0. The fraction of sp³-hybridized carbons (Fsp3) is 0.571. The molecule has 0 N–H and O–H groups in total. The van der Waals surface area contributed by atoms with Crippen LogP contribution < -0.4 is 0 Å². The highest BCUT2D eigenvalue weighted by molar-refractivity contribution is 9.10. The van der Waals surface area contributed by atoms with Gasteiger partial charge in [-0.3, -0.25) is 4.68 Å². The summed E-state index contributed by atoms with van der Waals surface area (Å²) >= 11 is 2.82. The van der Waals surface area contributed by atoms with Gasteiger partial charge in [0.15, 0.2) is 5.69 Å². The van der Waals surface area contributed by atoms with Gasteiger partial charge in [0, 0.05) is 12.2 Å². The molecule has 0 unspecified atom stereocenters. The van der Waals surface area contributed by atoms with Crippen molar-refractivity contribution >= 4 is 15.9 Å². The molecule has 6 heteroatoms. The minimum atomic E-state index is -4.39. The maximum Gasteiger partial charge on any atom is 0.436 e. The number of hydrogen-bond donors (Lipinski definition) is 0. The quantitative estimate of drug-likeness (QED) is 0.755. The summed E-state index contributed by atoms with van der Waals surface area (Å²) < 4.78 is 37.9. The van der Waals surface area contributed by atoms with Crippen LogP contribution in [0.2, 0.25) is 0 Å². The van der Waals surface area contributed by atoms with E-state index in [1.807, 2.05) is 0 Å². The first-order valence-corrected chi connectivity index (χ1v) is 4.43. The Morgan fingerprint density at radius 3 is 2.23 bits per heavy atom. The second-order valence-corrected chi connectivity index (χ2v) is 3.75. The molecule has 0 saturated heterocycles. The molecule has 0 aliphatic heterocycles. The Balaban J connectivity index is 3.11. The van der Waals surface area contributed by atoms with Crippen LogP contribution in [0, 0.1) is 0 Å². The summed E-state index contributed by atoms with van der Waals surface area (Å²) in [6.07, 6.45) is -3.06.